The fourth-order valence-electron chi connectivity index (χ4n) is 1.48. The standard InChI is InChI=1S/C13H24N2O4S/c1-3-4-5-6-8-19-13(17)15-11(10-12(14)16)7-9-20(2)18/h7,9,11H,3-6,8,10H2,1-2H3,(H2,14,16)(H,15,17)/b9-7+/t11-,20?/m0/s1. The molecule has 0 heterocycles. The summed E-state index contributed by atoms with van der Waals surface area (Å²) in [4.78, 5) is 22.4. The van der Waals surface area contributed by atoms with Gasteiger partial charge in [-0.3, -0.25) is 9.00 Å². The van der Waals surface area contributed by atoms with Crippen LogP contribution in [0.3, 0.4) is 0 Å². The van der Waals surface area contributed by atoms with E-state index in [1.165, 1.54) is 17.7 Å². The van der Waals surface area contributed by atoms with Gasteiger partial charge in [-0.2, -0.15) is 0 Å². The van der Waals surface area contributed by atoms with Crippen LogP contribution in [0.25, 0.3) is 0 Å². The van der Waals surface area contributed by atoms with Crippen LogP contribution in [0.2, 0.25) is 0 Å². The van der Waals surface area contributed by atoms with E-state index >= 15 is 0 Å². The third-order valence-electron chi connectivity index (χ3n) is 2.46. The lowest BCUT2D eigenvalue weighted by molar-refractivity contribution is -0.118. The van der Waals surface area contributed by atoms with Crippen LogP contribution < -0.4 is 11.1 Å². The Morgan fingerprint density at radius 3 is 2.60 bits per heavy atom. The van der Waals surface area contributed by atoms with Gasteiger partial charge in [0.2, 0.25) is 5.91 Å². The van der Waals surface area contributed by atoms with Gasteiger partial charge in [0, 0.05) is 22.5 Å². The molecule has 0 radical (unpaired) electrons. The molecule has 0 aliphatic carbocycles. The first-order chi connectivity index (χ1) is 9.45. The van der Waals surface area contributed by atoms with Crippen molar-refractivity contribution in [3.05, 3.63) is 11.5 Å². The number of carbonyl (C=O) groups excluding carboxylic acids is 2. The number of nitrogens with two attached hydrogens (primary N) is 1. The summed E-state index contributed by atoms with van der Waals surface area (Å²) >= 11 is 0. The molecule has 0 aliphatic rings. The highest BCUT2D eigenvalue weighted by atomic mass is 32.2. The Morgan fingerprint density at radius 1 is 1.35 bits per heavy atom. The minimum atomic E-state index is -1.15. The number of primary amides is 1. The maximum atomic E-state index is 11.5. The van der Waals surface area contributed by atoms with E-state index in [-0.39, 0.29) is 6.42 Å². The van der Waals surface area contributed by atoms with Crippen molar-refractivity contribution in [1.82, 2.24) is 5.32 Å². The fourth-order valence-corrected chi connectivity index (χ4v) is 1.89. The first kappa shape index (κ1) is 18.6. The Bertz CT molecular complexity index is 358. The molecular weight excluding hydrogens is 280 g/mol. The number of rotatable bonds is 10. The highest BCUT2D eigenvalue weighted by Crippen LogP contribution is 2.00. The van der Waals surface area contributed by atoms with E-state index in [1.54, 1.807) is 0 Å². The average Bonchev–Trinajstić information content (AvgIpc) is 2.35. The van der Waals surface area contributed by atoms with Crippen LogP contribution >= 0.6 is 0 Å². The second kappa shape index (κ2) is 11.5. The SMILES string of the molecule is CCCCCCOC(=O)N[C@@H](/C=C/S(C)=O)CC(N)=O. The number of amides is 2. The van der Waals surface area contributed by atoms with Crippen LogP contribution in [0.5, 0.6) is 0 Å². The summed E-state index contributed by atoms with van der Waals surface area (Å²) in [5.41, 5.74) is 5.09. The molecule has 0 rings (SSSR count). The van der Waals surface area contributed by atoms with E-state index in [0.29, 0.717) is 6.61 Å². The van der Waals surface area contributed by atoms with Crippen LogP contribution in [0.4, 0.5) is 4.79 Å². The van der Waals surface area contributed by atoms with Gasteiger partial charge in [-0.05, 0) is 6.42 Å². The second-order valence-corrected chi connectivity index (χ2v) is 5.71. The third kappa shape index (κ3) is 11.7. The third-order valence-corrected chi connectivity index (χ3v) is 3.00. The zero-order valence-corrected chi connectivity index (χ0v) is 12.9. The Morgan fingerprint density at radius 2 is 2.05 bits per heavy atom. The fraction of sp³-hybridized carbons (Fsp3) is 0.692. The van der Waals surface area contributed by atoms with E-state index in [9.17, 15) is 13.8 Å². The summed E-state index contributed by atoms with van der Waals surface area (Å²) in [6.07, 6.45) is 6.38. The molecule has 0 saturated heterocycles. The summed E-state index contributed by atoms with van der Waals surface area (Å²) in [6.45, 7) is 2.45. The molecule has 6 nitrogen and oxygen atoms in total. The average molecular weight is 304 g/mol. The van der Waals surface area contributed by atoms with Crippen molar-refractivity contribution < 1.29 is 18.5 Å². The molecule has 1 unspecified atom stereocenters. The predicted molar refractivity (Wildman–Crippen MR) is 79.4 cm³/mol. The number of unbranched alkanes of at least 4 members (excludes halogenated alkanes) is 3. The van der Waals surface area contributed by atoms with Crippen molar-refractivity contribution >= 4 is 22.8 Å². The molecule has 0 aliphatic heterocycles. The largest absolute Gasteiger partial charge is 0.450 e. The zero-order chi connectivity index (χ0) is 15.4. The molecule has 20 heavy (non-hydrogen) atoms. The molecule has 7 heteroatoms. The zero-order valence-electron chi connectivity index (χ0n) is 12.1. The topological polar surface area (TPSA) is 98.5 Å². The van der Waals surface area contributed by atoms with E-state index in [0.717, 1.165) is 25.7 Å². The lowest BCUT2D eigenvalue weighted by Crippen LogP contribution is -2.37. The van der Waals surface area contributed by atoms with Gasteiger partial charge in [-0.25, -0.2) is 4.79 Å². The molecule has 2 amide bonds. The van der Waals surface area contributed by atoms with Gasteiger partial charge in [0.1, 0.15) is 0 Å². The molecule has 0 aromatic heterocycles. The lowest BCUT2D eigenvalue weighted by Gasteiger charge is -2.13. The maximum Gasteiger partial charge on any atom is 0.407 e. The van der Waals surface area contributed by atoms with Crippen molar-refractivity contribution in [3.8, 4) is 0 Å². The highest BCUT2D eigenvalue weighted by Gasteiger charge is 2.13. The van der Waals surface area contributed by atoms with Crippen molar-refractivity contribution in [3.63, 3.8) is 0 Å². The van der Waals surface area contributed by atoms with Gasteiger partial charge in [-0.15, -0.1) is 0 Å². The first-order valence-electron chi connectivity index (χ1n) is 6.67. The smallest absolute Gasteiger partial charge is 0.407 e. The van der Waals surface area contributed by atoms with Crippen LogP contribution in [0, 0.1) is 0 Å². The maximum absolute atomic E-state index is 11.5. The van der Waals surface area contributed by atoms with Gasteiger partial charge in [0.25, 0.3) is 0 Å². The molecule has 116 valence electrons. The van der Waals surface area contributed by atoms with Crippen molar-refractivity contribution in [2.75, 3.05) is 12.9 Å². The van der Waals surface area contributed by atoms with Crippen LogP contribution in [-0.4, -0.2) is 35.1 Å². The molecule has 0 fully saturated rings. The lowest BCUT2D eigenvalue weighted by atomic mass is 10.2. The number of carbonyl (C=O) groups is 2. The summed E-state index contributed by atoms with van der Waals surface area (Å²) in [7, 11) is -1.15. The monoisotopic (exact) mass is 304 g/mol. The molecule has 3 N–H and O–H groups in total. The van der Waals surface area contributed by atoms with E-state index < -0.39 is 28.8 Å². The van der Waals surface area contributed by atoms with Crippen LogP contribution in [-0.2, 0) is 20.3 Å². The molecule has 0 aromatic carbocycles. The minimum absolute atomic E-state index is 0.0569. The summed E-state index contributed by atoms with van der Waals surface area (Å²) in [5.74, 6) is -0.551. The Balaban J connectivity index is 4.11. The summed E-state index contributed by atoms with van der Waals surface area (Å²) < 4.78 is 16.0. The number of hydrogen-bond acceptors (Lipinski definition) is 4. The predicted octanol–water partition coefficient (Wildman–Crippen LogP) is 1.43. The molecule has 0 bridgehead atoms. The molecule has 0 spiro atoms. The Kier molecular flexibility index (Phi) is 10.7. The quantitative estimate of drug-likeness (QED) is 0.596. The number of alkyl carbamates (subject to hydrolysis) is 1. The number of ether oxygens (including phenoxy) is 1. The van der Waals surface area contributed by atoms with Gasteiger partial charge in [0.15, 0.2) is 0 Å². The first-order valence-corrected chi connectivity index (χ1v) is 8.30. The van der Waals surface area contributed by atoms with Gasteiger partial charge >= 0.3 is 6.09 Å². The highest BCUT2D eigenvalue weighted by molar-refractivity contribution is 7.87. The van der Waals surface area contributed by atoms with Crippen molar-refractivity contribution in [2.24, 2.45) is 5.73 Å². The van der Waals surface area contributed by atoms with E-state index in [2.05, 4.69) is 12.2 Å². The van der Waals surface area contributed by atoms with Crippen molar-refractivity contribution in [1.29, 1.82) is 0 Å². The normalized spacial score (nSPS) is 13.9. The molecular formula is C13H24N2O4S. The molecule has 2 atom stereocenters. The molecule has 0 aromatic rings. The number of hydrogen-bond donors (Lipinski definition) is 2. The Labute approximate surface area is 122 Å². The van der Waals surface area contributed by atoms with Crippen LogP contribution in [0.15, 0.2) is 11.5 Å². The Hall–Kier alpha value is -1.37. The van der Waals surface area contributed by atoms with Gasteiger partial charge < -0.3 is 15.8 Å². The molecule has 0 saturated carbocycles. The summed E-state index contributed by atoms with van der Waals surface area (Å²) in [5, 5.41) is 3.91. The van der Waals surface area contributed by atoms with Gasteiger partial charge in [0.05, 0.1) is 19.1 Å². The van der Waals surface area contributed by atoms with E-state index in [1.807, 2.05) is 0 Å². The summed E-state index contributed by atoms with van der Waals surface area (Å²) in [6, 6.07) is -0.598. The minimum Gasteiger partial charge on any atom is -0.450 e. The van der Waals surface area contributed by atoms with Gasteiger partial charge in [-0.1, -0.05) is 32.3 Å². The van der Waals surface area contributed by atoms with E-state index in [4.69, 9.17) is 10.5 Å². The number of nitrogens with one attached hydrogen (secondary N) is 1. The second-order valence-electron chi connectivity index (χ2n) is 4.44. The van der Waals surface area contributed by atoms with Crippen LogP contribution in [0.1, 0.15) is 39.0 Å². The van der Waals surface area contributed by atoms with Crippen molar-refractivity contribution in [2.45, 2.75) is 45.1 Å².